The van der Waals surface area contributed by atoms with E-state index < -0.39 is 12.0 Å². The number of para-hydroxylation sites is 1. The summed E-state index contributed by atoms with van der Waals surface area (Å²) in [6.07, 6.45) is 2.12. The summed E-state index contributed by atoms with van der Waals surface area (Å²) in [5.74, 6) is -0.192. The van der Waals surface area contributed by atoms with Gasteiger partial charge >= 0.3 is 5.97 Å². The van der Waals surface area contributed by atoms with Crippen molar-refractivity contribution in [3.63, 3.8) is 0 Å². The van der Waals surface area contributed by atoms with Crippen molar-refractivity contribution in [1.29, 1.82) is 0 Å². The van der Waals surface area contributed by atoms with Crippen molar-refractivity contribution >= 4 is 5.97 Å². The maximum Gasteiger partial charge on any atom is 0.318 e. The number of fused-ring (bicyclic) bond motifs is 2. The Bertz CT molecular complexity index is 462. The fourth-order valence-electron chi connectivity index (χ4n) is 3.43. The van der Waals surface area contributed by atoms with E-state index in [1.807, 2.05) is 25.2 Å². The fourth-order valence-corrected chi connectivity index (χ4v) is 3.43. The van der Waals surface area contributed by atoms with Gasteiger partial charge in [-0.2, -0.15) is 0 Å². The third-order valence-electron chi connectivity index (χ3n) is 4.47. The Balaban J connectivity index is 1.75. The Kier molecular flexibility index (Phi) is 3.29. The van der Waals surface area contributed by atoms with Gasteiger partial charge in [-0.25, -0.2) is 0 Å². The van der Waals surface area contributed by atoms with Crippen LogP contribution in [0.3, 0.4) is 0 Å². The fraction of sp³-hybridized carbons (Fsp3) is 0.533. The Hall–Kier alpha value is -1.39. The summed E-state index contributed by atoms with van der Waals surface area (Å²) in [6.45, 7) is 0. The lowest BCUT2D eigenvalue weighted by atomic mass is 9.88. The second kappa shape index (κ2) is 4.94. The molecule has 102 valence electrons. The van der Waals surface area contributed by atoms with Crippen molar-refractivity contribution in [2.75, 3.05) is 7.05 Å². The molecule has 1 aromatic carbocycles. The van der Waals surface area contributed by atoms with Gasteiger partial charge in [0.15, 0.2) is 0 Å². The molecule has 2 aliphatic rings. The van der Waals surface area contributed by atoms with E-state index in [1.165, 1.54) is 0 Å². The van der Waals surface area contributed by atoms with Gasteiger partial charge in [-0.1, -0.05) is 18.2 Å². The highest BCUT2D eigenvalue weighted by molar-refractivity contribution is 5.77. The number of benzene rings is 1. The third-order valence-corrected chi connectivity index (χ3v) is 4.47. The van der Waals surface area contributed by atoms with Crippen LogP contribution in [0.5, 0.6) is 5.75 Å². The van der Waals surface area contributed by atoms with Crippen molar-refractivity contribution in [2.45, 2.75) is 37.5 Å². The normalized spacial score (nSPS) is 34.2. The van der Waals surface area contributed by atoms with Gasteiger partial charge in [-0.3, -0.25) is 9.69 Å². The highest BCUT2D eigenvalue weighted by atomic mass is 16.5. The molecule has 0 radical (unpaired) electrons. The largest absolute Gasteiger partial charge is 0.426 e. The van der Waals surface area contributed by atoms with Crippen LogP contribution < -0.4 is 4.74 Å². The summed E-state index contributed by atoms with van der Waals surface area (Å²) in [5, 5.41) is 10.2. The number of carbonyl (C=O) groups is 1. The zero-order valence-corrected chi connectivity index (χ0v) is 11.0. The molecule has 4 atom stereocenters. The Morgan fingerprint density at radius 1 is 1.32 bits per heavy atom. The number of piperidine rings is 1. The van der Waals surface area contributed by atoms with Gasteiger partial charge in [-0.05, 0) is 38.4 Å². The number of rotatable bonds is 2. The van der Waals surface area contributed by atoms with Crippen molar-refractivity contribution < 1.29 is 14.6 Å². The van der Waals surface area contributed by atoms with E-state index >= 15 is 0 Å². The number of aliphatic hydroxyl groups is 1. The lowest BCUT2D eigenvalue weighted by molar-refractivity contribution is -0.149. The lowest BCUT2D eigenvalue weighted by Gasteiger charge is -2.39. The number of esters is 1. The standard InChI is InChI=1S/C15H19NO3/c1-16-10-7-8-12(16)14(13(17)9-10)15(18)19-11-5-3-2-4-6-11/h2-6,10,12-14,17H,7-9H2,1H3/t10-,12+,13-,14+/m0/s1. The molecule has 1 N–H and O–H groups in total. The third kappa shape index (κ3) is 2.26. The summed E-state index contributed by atoms with van der Waals surface area (Å²) < 4.78 is 5.40. The van der Waals surface area contributed by atoms with Crippen LogP contribution in [0, 0.1) is 5.92 Å². The molecule has 0 unspecified atom stereocenters. The molecular formula is C15H19NO3. The summed E-state index contributed by atoms with van der Waals surface area (Å²) in [6, 6.07) is 9.59. The van der Waals surface area contributed by atoms with Crippen molar-refractivity contribution in [3.05, 3.63) is 30.3 Å². The zero-order valence-electron chi connectivity index (χ0n) is 11.0. The van der Waals surface area contributed by atoms with Gasteiger partial charge in [0.25, 0.3) is 0 Å². The molecule has 4 heteroatoms. The van der Waals surface area contributed by atoms with E-state index in [2.05, 4.69) is 4.90 Å². The molecule has 0 saturated carbocycles. The van der Waals surface area contributed by atoms with E-state index in [4.69, 9.17) is 4.74 Å². The second-order valence-electron chi connectivity index (χ2n) is 5.53. The molecular weight excluding hydrogens is 242 g/mol. The zero-order chi connectivity index (χ0) is 13.4. The first-order chi connectivity index (χ1) is 9.16. The topological polar surface area (TPSA) is 49.8 Å². The lowest BCUT2D eigenvalue weighted by Crippen LogP contribution is -2.52. The number of hydrogen-bond donors (Lipinski definition) is 1. The van der Waals surface area contributed by atoms with Crippen LogP contribution in [0.4, 0.5) is 0 Å². The average molecular weight is 261 g/mol. The first-order valence-corrected chi connectivity index (χ1v) is 6.83. The smallest absolute Gasteiger partial charge is 0.318 e. The van der Waals surface area contributed by atoms with Crippen LogP contribution in [0.1, 0.15) is 19.3 Å². The summed E-state index contributed by atoms with van der Waals surface area (Å²) in [7, 11) is 2.04. The minimum absolute atomic E-state index is 0.116. The number of nitrogens with zero attached hydrogens (tertiary/aromatic N) is 1. The van der Waals surface area contributed by atoms with Crippen molar-refractivity contribution in [1.82, 2.24) is 4.90 Å². The molecule has 0 aromatic heterocycles. The highest BCUT2D eigenvalue weighted by Gasteiger charge is 2.48. The Morgan fingerprint density at radius 3 is 2.79 bits per heavy atom. The van der Waals surface area contributed by atoms with E-state index in [0.717, 1.165) is 12.8 Å². The van der Waals surface area contributed by atoms with E-state index in [9.17, 15) is 9.90 Å². The molecule has 0 aliphatic carbocycles. The molecule has 0 amide bonds. The number of ether oxygens (including phenoxy) is 1. The van der Waals surface area contributed by atoms with Gasteiger partial charge in [0.2, 0.25) is 0 Å². The van der Waals surface area contributed by atoms with Gasteiger partial charge in [0.05, 0.1) is 12.0 Å². The Labute approximate surface area is 113 Å². The summed E-state index contributed by atoms with van der Waals surface area (Å²) in [4.78, 5) is 14.5. The maximum atomic E-state index is 12.3. The van der Waals surface area contributed by atoms with Crippen LogP contribution in [-0.2, 0) is 4.79 Å². The number of hydrogen-bond acceptors (Lipinski definition) is 4. The average Bonchev–Trinajstić information content (AvgIpc) is 2.64. The molecule has 2 saturated heterocycles. The van der Waals surface area contributed by atoms with Crippen molar-refractivity contribution in [2.24, 2.45) is 5.92 Å². The van der Waals surface area contributed by atoms with Gasteiger partial charge in [0, 0.05) is 12.1 Å². The van der Waals surface area contributed by atoms with E-state index in [1.54, 1.807) is 12.1 Å². The van der Waals surface area contributed by atoms with Crippen LogP contribution in [-0.4, -0.2) is 41.2 Å². The first-order valence-electron chi connectivity index (χ1n) is 6.83. The second-order valence-corrected chi connectivity index (χ2v) is 5.53. The van der Waals surface area contributed by atoms with Gasteiger partial charge < -0.3 is 9.84 Å². The summed E-state index contributed by atoms with van der Waals surface area (Å²) >= 11 is 0. The van der Waals surface area contributed by atoms with E-state index in [-0.39, 0.29) is 12.0 Å². The van der Waals surface area contributed by atoms with Crippen molar-refractivity contribution in [3.8, 4) is 5.75 Å². The predicted octanol–water partition coefficient (Wildman–Crippen LogP) is 1.44. The molecule has 4 nitrogen and oxygen atoms in total. The Morgan fingerprint density at radius 2 is 2.05 bits per heavy atom. The molecule has 2 aliphatic heterocycles. The monoisotopic (exact) mass is 261 g/mol. The first kappa shape index (κ1) is 12.6. The SMILES string of the molecule is CN1[C@H]2CC[C@@H]1[C@@H](C(=O)Oc1ccccc1)[C@@H](O)C2. The molecule has 2 heterocycles. The molecule has 3 rings (SSSR count). The van der Waals surface area contributed by atoms with Gasteiger partial charge in [0.1, 0.15) is 5.75 Å². The molecule has 1 aromatic rings. The molecule has 19 heavy (non-hydrogen) atoms. The van der Waals surface area contributed by atoms with Crippen LogP contribution >= 0.6 is 0 Å². The summed E-state index contributed by atoms with van der Waals surface area (Å²) in [5.41, 5.74) is 0. The van der Waals surface area contributed by atoms with Crippen LogP contribution in [0.2, 0.25) is 0 Å². The minimum atomic E-state index is -0.579. The van der Waals surface area contributed by atoms with Gasteiger partial charge in [-0.15, -0.1) is 0 Å². The molecule has 2 bridgehead atoms. The van der Waals surface area contributed by atoms with E-state index in [0.29, 0.717) is 18.2 Å². The number of aliphatic hydroxyl groups excluding tert-OH is 1. The van der Waals surface area contributed by atoms with Crippen LogP contribution in [0.25, 0.3) is 0 Å². The molecule has 0 spiro atoms. The quantitative estimate of drug-likeness (QED) is 0.646. The molecule has 2 fully saturated rings. The highest BCUT2D eigenvalue weighted by Crippen LogP contribution is 2.38. The minimum Gasteiger partial charge on any atom is -0.426 e. The number of carbonyl (C=O) groups excluding carboxylic acids is 1. The van der Waals surface area contributed by atoms with Crippen LogP contribution in [0.15, 0.2) is 30.3 Å². The maximum absolute atomic E-state index is 12.3. The predicted molar refractivity (Wildman–Crippen MR) is 70.8 cm³/mol.